The van der Waals surface area contributed by atoms with Crippen LogP contribution in [0.3, 0.4) is 0 Å². The fourth-order valence-electron chi connectivity index (χ4n) is 3.27. The van der Waals surface area contributed by atoms with Crippen molar-refractivity contribution in [2.24, 2.45) is 5.92 Å². The lowest BCUT2D eigenvalue weighted by Gasteiger charge is -2.32. The lowest BCUT2D eigenvalue weighted by Crippen LogP contribution is -2.34. The van der Waals surface area contributed by atoms with Crippen molar-refractivity contribution in [1.29, 1.82) is 0 Å². The van der Waals surface area contributed by atoms with Gasteiger partial charge in [-0.05, 0) is 55.0 Å². The molecule has 0 saturated carbocycles. The first kappa shape index (κ1) is 17.4. The van der Waals surface area contributed by atoms with Crippen molar-refractivity contribution in [3.8, 4) is 0 Å². The van der Waals surface area contributed by atoms with E-state index in [2.05, 4.69) is 21.8 Å². The summed E-state index contributed by atoms with van der Waals surface area (Å²) in [4.78, 5) is 25.1. The van der Waals surface area contributed by atoms with Crippen LogP contribution in [-0.2, 0) is 6.42 Å². The van der Waals surface area contributed by atoms with Gasteiger partial charge in [-0.15, -0.1) is 0 Å². The molecule has 1 unspecified atom stereocenters. The van der Waals surface area contributed by atoms with Crippen LogP contribution in [0.25, 0.3) is 0 Å². The largest absolute Gasteiger partial charge is 0.370 e. The van der Waals surface area contributed by atoms with Gasteiger partial charge in [-0.2, -0.15) is 0 Å². The Morgan fingerprint density at radius 2 is 2.08 bits per heavy atom. The highest BCUT2D eigenvalue weighted by molar-refractivity contribution is 5.92. The predicted molar refractivity (Wildman–Crippen MR) is 99.7 cm³/mol. The number of anilines is 1. The molecule has 1 aliphatic heterocycles. The molecule has 3 heterocycles. The minimum atomic E-state index is -0.0346. The first-order valence-corrected chi connectivity index (χ1v) is 8.99. The van der Waals surface area contributed by atoms with Gasteiger partial charge in [0.05, 0.1) is 11.9 Å². The molecule has 3 rings (SSSR count). The van der Waals surface area contributed by atoms with Gasteiger partial charge < -0.3 is 9.80 Å². The van der Waals surface area contributed by atoms with Crippen molar-refractivity contribution in [3.05, 3.63) is 54.1 Å². The highest BCUT2D eigenvalue weighted by Gasteiger charge is 2.18. The fourth-order valence-corrected chi connectivity index (χ4v) is 3.27. The molecule has 0 N–H and O–H groups in total. The van der Waals surface area contributed by atoms with Gasteiger partial charge in [-0.25, -0.2) is 4.98 Å². The van der Waals surface area contributed by atoms with Crippen LogP contribution in [-0.4, -0.2) is 47.5 Å². The maximum absolute atomic E-state index is 12.5. The number of carbonyl (C=O) groups is 1. The monoisotopic (exact) mass is 338 g/mol. The van der Waals surface area contributed by atoms with Gasteiger partial charge in [-0.3, -0.25) is 9.78 Å². The Balaban J connectivity index is 1.58. The lowest BCUT2D eigenvalue weighted by atomic mass is 10.00. The molecule has 0 spiro atoms. The van der Waals surface area contributed by atoms with Gasteiger partial charge in [-0.1, -0.05) is 6.92 Å². The van der Waals surface area contributed by atoms with Crippen molar-refractivity contribution in [2.75, 3.05) is 31.6 Å². The third-order valence-corrected chi connectivity index (χ3v) is 4.82. The van der Waals surface area contributed by atoms with Gasteiger partial charge >= 0.3 is 0 Å². The normalized spacial score (nSPS) is 17.4. The van der Waals surface area contributed by atoms with Crippen molar-refractivity contribution >= 4 is 11.6 Å². The molecular formula is C20H26N4O. The molecule has 25 heavy (non-hydrogen) atoms. The lowest BCUT2D eigenvalue weighted by molar-refractivity contribution is 0.0791. The number of piperidine rings is 1. The van der Waals surface area contributed by atoms with Gasteiger partial charge in [0.25, 0.3) is 5.91 Å². The van der Waals surface area contributed by atoms with E-state index < -0.39 is 0 Å². The molecule has 1 saturated heterocycles. The predicted octanol–water partition coefficient (Wildman–Crippen LogP) is 3.03. The van der Waals surface area contributed by atoms with Crippen LogP contribution in [0.5, 0.6) is 0 Å². The first-order chi connectivity index (χ1) is 12.1. The molecule has 1 amide bonds. The number of likely N-dealkylation sites (N-methyl/N-ethyl adjacent to an activating group) is 1. The Labute approximate surface area is 149 Å². The minimum absolute atomic E-state index is 0.0346. The van der Waals surface area contributed by atoms with Crippen LogP contribution in [0.4, 0.5) is 5.69 Å². The fraction of sp³-hybridized carbons (Fsp3) is 0.450. The average Bonchev–Trinajstić information content (AvgIpc) is 2.66. The summed E-state index contributed by atoms with van der Waals surface area (Å²) in [5.41, 5.74) is 2.80. The SMILES string of the molecule is CC1CCCN(c2ccc(C(=O)N(C)CCc3ccncc3)nc2)C1. The smallest absolute Gasteiger partial charge is 0.272 e. The number of amides is 1. The first-order valence-electron chi connectivity index (χ1n) is 8.99. The second-order valence-corrected chi connectivity index (χ2v) is 6.93. The van der Waals surface area contributed by atoms with E-state index >= 15 is 0 Å². The third kappa shape index (κ3) is 4.56. The van der Waals surface area contributed by atoms with Crippen LogP contribution < -0.4 is 4.90 Å². The van der Waals surface area contributed by atoms with E-state index in [0.717, 1.165) is 31.1 Å². The van der Waals surface area contributed by atoms with Gasteiger partial charge in [0, 0.05) is 39.1 Å². The van der Waals surface area contributed by atoms with Gasteiger partial charge in [0.15, 0.2) is 0 Å². The summed E-state index contributed by atoms with van der Waals surface area (Å²) in [6.07, 6.45) is 8.72. The Kier molecular flexibility index (Phi) is 5.64. The zero-order chi connectivity index (χ0) is 17.6. The molecule has 1 atom stereocenters. The molecule has 132 valence electrons. The van der Waals surface area contributed by atoms with E-state index in [1.165, 1.54) is 18.4 Å². The van der Waals surface area contributed by atoms with E-state index in [0.29, 0.717) is 12.2 Å². The number of nitrogens with zero attached hydrogens (tertiary/aromatic N) is 4. The molecule has 1 aliphatic rings. The Hall–Kier alpha value is -2.43. The highest BCUT2D eigenvalue weighted by atomic mass is 16.2. The maximum atomic E-state index is 12.5. The molecule has 1 fully saturated rings. The third-order valence-electron chi connectivity index (χ3n) is 4.82. The summed E-state index contributed by atoms with van der Waals surface area (Å²) in [5, 5.41) is 0. The van der Waals surface area contributed by atoms with E-state index in [-0.39, 0.29) is 5.91 Å². The summed E-state index contributed by atoms with van der Waals surface area (Å²) < 4.78 is 0. The Morgan fingerprint density at radius 3 is 2.76 bits per heavy atom. The molecule has 2 aromatic heterocycles. The van der Waals surface area contributed by atoms with Crippen molar-refractivity contribution < 1.29 is 4.79 Å². The molecule has 5 heteroatoms. The van der Waals surface area contributed by atoms with E-state index in [4.69, 9.17) is 0 Å². The molecule has 5 nitrogen and oxygen atoms in total. The van der Waals surface area contributed by atoms with E-state index in [1.807, 2.05) is 37.5 Å². The van der Waals surface area contributed by atoms with E-state index in [1.54, 1.807) is 17.3 Å². The molecule has 0 aliphatic carbocycles. The van der Waals surface area contributed by atoms with Crippen LogP contribution in [0.15, 0.2) is 42.9 Å². The summed E-state index contributed by atoms with van der Waals surface area (Å²) in [5.74, 6) is 0.682. The Bertz CT molecular complexity index is 687. The number of aromatic nitrogens is 2. The second kappa shape index (κ2) is 8.10. The maximum Gasteiger partial charge on any atom is 0.272 e. The van der Waals surface area contributed by atoms with Crippen LogP contribution >= 0.6 is 0 Å². The topological polar surface area (TPSA) is 49.3 Å². The molecule has 0 aromatic carbocycles. The van der Waals surface area contributed by atoms with Crippen LogP contribution in [0.2, 0.25) is 0 Å². The van der Waals surface area contributed by atoms with Crippen molar-refractivity contribution in [2.45, 2.75) is 26.2 Å². The van der Waals surface area contributed by atoms with Gasteiger partial charge in [0.1, 0.15) is 5.69 Å². The molecule has 2 aromatic rings. The second-order valence-electron chi connectivity index (χ2n) is 6.93. The van der Waals surface area contributed by atoms with Crippen LogP contribution in [0, 0.1) is 5.92 Å². The number of carbonyl (C=O) groups excluding carboxylic acids is 1. The minimum Gasteiger partial charge on any atom is -0.370 e. The molecule has 0 radical (unpaired) electrons. The quantitative estimate of drug-likeness (QED) is 0.841. The number of rotatable bonds is 5. The van der Waals surface area contributed by atoms with E-state index in [9.17, 15) is 4.79 Å². The standard InChI is InChI=1S/C20H26N4O/c1-16-4-3-12-24(15-16)18-5-6-19(22-14-18)20(25)23(2)13-9-17-7-10-21-11-8-17/h5-8,10-11,14,16H,3-4,9,12-13,15H2,1-2H3. The summed E-state index contributed by atoms with van der Waals surface area (Å²) >= 11 is 0. The number of hydrogen-bond donors (Lipinski definition) is 0. The van der Waals surface area contributed by atoms with Gasteiger partial charge in [0.2, 0.25) is 0 Å². The number of hydrogen-bond acceptors (Lipinski definition) is 4. The Morgan fingerprint density at radius 1 is 1.28 bits per heavy atom. The number of pyridine rings is 2. The van der Waals surface area contributed by atoms with Crippen molar-refractivity contribution in [1.82, 2.24) is 14.9 Å². The highest BCUT2D eigenvalue weighted by Crippen LogP contribution is 2.22. The average molecular weight is 338 g/mol. The summed E-state index contributed by atoms with van der Waals surface area (Å²) in [6.45, 7) is 5.09. The summed E-state index contributed by atoms with van der Waals surface area (Å²) in [7, 11) is 1.82. The zero-order valence-corrected chi connectivity index (χ0v) is 15.1. The molecule has 0 bridgehead atoms. The van der Waals surface area contributed by atoms with Crippen LogP contribution in [0.1, 0.15) is 35.8 Å². The molecular weight excluding hydrogens is 312 g/mol. The van der Waals surface area contributed by atoms with Crippen molar-refractivity contribution in [3.63, 3.8) is 0 Å². The summed E-state index contributed by atoms with van der Waals surface area (Å²) in [6, 6.07) is 7.82. The zero-order valence-electron chi connectivity index (χ0n) is 15.1.